The Morgan fingerprint density at radius 3 is 2.84 bits per heavy atom. The molecule has 0 saturated carbocycles. The highest BCUT2D eigenvalue weighted by Gasteiger charge is 2.02. The van der Waals surface area contributed by atoms with Gasteiger partial charge < -0.3 is 10.1 Å². The zero-order valence-electron chi connectivity index (χ0n) is 11.1. The monoisotopic (exact) mass is 260 g/mol. The molecule has 0 radical (unpaired) electrons. The lowest BCUT2D eigenvalue weighted by atomic mass is 10.2. The normalized spacial score (nSPS) is 10.3. The van der Waals surface area contributed by atoms with Gasteiger partial charge in [0, 0.05) is 12.6 Å². The number of hydrogen-bond acceptors (Lipinski definition) is 3. The summed E-state index contributed by atoms with van der Waals surface area (Å²) in [6.45, 7) is 4.88. The number of ether oxygens (including phenoxy) is 1. The van der Waals surface area contributed by atoms with Crippen LogP contribution in [0.25, 0.3) is 0 Å². The number of pyridine rings is 1. The second-order valence-corrected chi connectivity index (χ2v) is 4.24. The molecule has 19 heavy (non-hydrogen) atoms. The molecule has 3 nitrogen and oxygen atoms in total. The molecule has 0 bridgehead atoms. The zero-order chi connectivity index (χ0) is 13.7. The third-order valence-corrected chi connectivity index (χ3v) is 2.69. The first-order chi connectivity index (χ1) is 9.19. The molecule has 2 aromatic rings. The Balaban J connectivity index is 2.01. The SMILES string of the molecule is CCNc1cccc(COc2ccc(C)c(F)c2)n1. The number of nitrogens with zero attached hydrogens (tertiary/aromatic N) is 1. The van der Waals surface area contributed by atoms with Crippen LogP contribution in [0.3, 0.4) is 0 Å². The topological polar surface area (TPSA) is 34.1 Å². The smallest absolute Gasteiger partial charge is 0.130 e. The molecule has 0 aliphatic carbocycles. The minimum atomic E-state index is -0.258. The Labute approximate surface area is 112 Å². The highest BCUT2D eigenvalue weighted by Crippen LogP contribution is 2.17. The number of halogens is 1. The Kier molecular flexibility index (Phi) is 4.34. The quantitative estimate of drug-likeness (QED) is 0.892. The summed E-state index contributed by atoms with van der Waals surface area (Å²) in [6, 6.07) is 10.5. The van der Waals surface area contributed by atoms with Gasteiger partial charge in [-0.15, -0.1) is 0 Å². The van der Waals surface area contributed by atoms with Gasteiger partial charge in [-0.05, 0) is 37.6 Å². The van der Waals surface area contributed by atoms with E-state index in [1.165, 1.54) is 6.07 Å². The van der Waals surface area contributed by atoms with Crippen molar-refractivity contribution < 1.29 is 9.13 Å². The van der Waals surface area contributed by atoms with E-state index in [1.807, 2.05) is 25.1 Å². The first-order valence-electron chi connectivity index (χ1n) is 6.28. The fraction of sp³-hybridized carbons (Fsp3) is 0.267. The van der Waals surface area contributed by atoms with Crippen LogP contribution in [0, 0.1) is 12.7 Å². The van der Waals surface area contributed by atoms with Crippen LogP contribution in [0.1, 0.15) is 18.2 Å². The molecule has 1 N–H and O–H groups in total. The lowest BCUT2D eigenvalue weighted by Crippen LogP contribution is -2.03. The number of aryl methyl sites for hydroxylation is 1. The van der Waals surface area contributed by atoms with Crippen molar-refractivity contribution >= 4 is 5.82 Å². The molecule has 0 aliphatic rings. The first-order valence-corrected chi connectivity index (χ1v) is 6.28. The van der Waals surface area contributed by atoms with Crippen molar-refractivity contribution in [2.75, 3.05) is 11.9 Å². The van der Waals surface area contributed by atoms with Gasteiger partial charge >= 0.3 is 0 Å². The van der Waals surface area contributed by atoms with Gasteiger partial charge in [0.2, 0.25) is 0 Å². The maximum Gasteiger partial charge on any atom is 0.130 e. The first kappa shape index (κ1) is 13.3. The summed E-state index contributed by atoms with van der Waals surface area (Å²) in [5, 5.41) is 3.14. The number of rotatable bonds is 5. The third kappa shape index (κ3) is 3.68. The molecule has 2 rings (SSSR count). The number of benzene rings is 1. The summed E-state index contributed by atoms with van der Waals surface area (Å²) >= 11 is 0. The van der Waals surface area contributed by atoms with E-state index < -0.39 is 0 Å². The molecule has 0 atom stereocenters. The van der Waals surface area contributed by atoms with Crippen LogP contribution in [-0.2, 0) is 6.61 Å². The third-order valence-electron chi connectivity index (χ3n) is 2.69. The molecule has 1 aromatic carbocycles. The van der Waals surface area contributed by atoms with Crippen LogP contribution in [-0.4, -0.2) is 11.5 Å². The predicted molar refractivity (Wildman–Crippen MR) is 73.9 cm³/mol. The lowest BCUT2D eigenvalue weighted by molar-refractivity contribution is 0.300. The van der Waals surface area contributed by atoms with Crippen LogP contribution < -0.4 is 10.1 Å². The molecular weight excluding hydrogens is 243 g/mol. The van der Waals surface area contributed by atoms with Gasteiger partial charge in [0.15, 0.2) is 0 Å². The molecular formula is C15H17FN2O. The summed E-state index contributed by atoms with van der Waals surface area (Å²) < 4.78 is 18.9. The highest BCUT2D eigenvalue weighted by molar-refractivity contribution is 5.35. The van der Waals surface area contributed by atoms with Gasteiger partial charge in [0.25, 0.3) is 0 Å². The van der Waals surface area contributed by atoms with Crippen LogP contribution in [0.15, 0.2) is 36.4 Å². The average molecular weight is 260 g/mol. The van der Waals surface area contributed by atoms with Gasteiger partial charge in [0.05, 0.1) is 5.69 Å². The molecule has 1 heterocycles. The summed E-state index contributed by atoms with van der Waals surface area (Å²) in [4.78, 5) is 4.39. The molecule has 0 unspecified atom stereocenters. The zero-order valence-corrected chi connectivity index (χ0v) is 11.1. The van der Waals surface area contributed by atoms with Crippen molar-refractivity contribution in [2.24, 2.45) is 0 Å². The lowest BCUT2D eigenvalue weighted by Gasteiger charge is -2.08. The van der Waals surface area contributed by atoms with Gasteiger partial charge in [-0.2, -0.15) is 0 Å². The Morgan fingerprint density at radius 1 is 1.26 bits per heavy atom. The molecule has 100 valence electrons. The van der Waals surface area contributed by atoms with Crippen LogP contribution >= 0.6 is 0 Å². The summed E-state index contributed by atoms with van der Waals surface area (Å²) in [6.07, 6.45) is 0. The second kappa shape index (κ2) is 6.18. The van der Waals surface area contributed by atoms with E-state index in [0.717, 1.165) is 18.1 Å². The van der Waals surface area contributed by atoms with Gasteiger partial charge in [-0.3, -0.25) is 0 Å². The Morgan fingerprint density at radius 2 is 2.11 bits per heavy atom. The minimum absolute atomic E-state index is 0.258. The van der Waals surface area contributed by atoms with Crippen molar-refractivity contribution in [1.82, 2.24) is 4.98 Å². The summed E-state index contributed by atoms with van der Waals surface area (Å²) in [7, 11) is 0. The number of hydrogen-bond donors (Lipinski definition) is 1. The van der Waals surface area contributed by atoms with Crippen molar-refractivity contribution in [3.05, 3.63) is 53.5 Å². The molecule has 0 saturated heterocycles. The van der Waals surface area contributed by atoms with Crippen LogP contribution in [0.4, 0.5) is 10.2 Å². The molecule has 0 fully saturated rings. The molecule has 4 heteroatoms. The summed E-state index contributed by atoms with van der Waals surface area (Å²) in [5.74, 6) is 1.07. The summed E-state index contributed by atoms with van der Waals surface area (Å²) in [5.41, 5.74) is 1.42. The van der Waals surface area contributed by atoms with Crippen LogP contribution in [0.2, 0.25) is 0 Å². The second-order valence-electron chi connectivity index (χ2n) is 4.24. The molecule has 0 amide bonds. The van der Waals surface area contributed by atoms with E-state index in [1.54, 1.807) is 19.1 Å². The molecule has 1 aromatic heterocycles. The van der Waals surface area contributed by atoms with E-state index in [0.29, 0.717) is 17.9 Å². The van der Waals surface area contributed by atoms with E-state index in [-0.39, 0.29) is 5.82 Å². The fourth-order valence-corrected chi connectivity index (χ4v) is 1.66. The number of aromatic nitrogens is 1. The van der Waals surface area contributed by atoms with Crippen LogP contribution in [0.5, 0.6) is 5.75 Å². The van der Waals surface area contributed by atoms with E-state index >= 15 is 0 Å². The maximum atomic E-state index is 13.4. The largest absolute Gasteiger partial charge is 0.487 e. The van der Waals surface area contributed by atoms with Crippen molar-refractivity contribution in [1.29, 1.82) is 0 Å². The Bertz CT molecular complexity index is 558. The van der Waals surface area contributed by atoms with Gasteiger partial charge in [0.1, 0.15) is 24.0 Å². The maximum absolute atomic E-state index is 13.4. The fourth-order valence-electron chi connectivity index (χ4n) is 1.66. The minimum Gasteiger partial charge on any atom is -0.487 e. The van der Waals surface area contributed by atoms with Crippen molar-refractivity contribution in [3.8, 4) is 5.75 Å². The van der Waals surface area contributed by atoms with Gasteiger partial charge in [-0.1, -0.05) is 12.1 Å². The van der Waals surface area contributed by atoms with Crippen molar-refractivity contribution in [3.63, 3.8) is 0 Å². The standard InChI is InChI=1S/C15H17FN2O/c1-3-17-15-6-4-5-12(18-15)10-19-13-8-7-11(2)14(16)9-13/h4-9H,3,10H2,1-2H3,(H,17,18). The molecule has 0 aliphatic heterocycles. The van der Waals surface area contributed by atoms with E-state index in [2.05, 4.69) is 10.3 Å². The predicted octanol–water partition coefficient (Wildman–Crippen LogP) is 3.54. The number of nitrogens with one attached hydrogen (secondary N) is 1. The molecule has 0 spiro atoms. The van der Waals surface area contributed by atoms with E-state index in [9.17, 15) is 4.39 Å². The van der Waals surface area contributed by atoms with Gasteiger partial charge in [-0.25, -0.2) is 9.37 Å². The average Bonchev–Trinajstić information content (AvgIpc) is 2.41. The van der Waals surface area contributed by atoms with Crippen molar-refractivity contribution in [2.45, 2.75) is 20.5 Å². The number of anilines is 1. The Hall–Kier alpha value is -2.10. The van der Waals surface area contributed by atoms with E-state index in [4.69, 9.17) is 4.74 Å². The highest BCUT2D eigenvalue weighted by atomic mass is 19.1.